The summed E-state index contributed by atoms with van der Waals surface area (Å²) < 4.78 is 11.2. The topological polar surface area (TPSA) is 146 Å². The smallest absolute Gasteiger partial charge is 0.294 e. The number of ether oxygens (including phenoxy) is 1. The average molecular weight is 410 g/mol. The van der Waals surface area contributed by atoms with Crippen LogP contribution in [0, 0.1) is 0 Å². The highest BCUT2D eigenvalue weighted by molar-refractivity contribution is 7.13. The molecule has 146 valence electrons. The van der Waals surface area contributed by atoms with Crippen molar-refractivity contribution in [2.75, 3.05) is 12.8 Å². The quantitative estimate of drug-likeness (QED) is 0.361. The second kappa shape index (κ2) is 7.90. The molecule has 0 aliphatic rings. The number of benzene rings is 1. The van der Waals surface area contributed by atoms with Gasteiger partial charge in [0.25, 0.3) is 5.91 Å². The molecule has 0 bridgehead atoms. The van der Waals surface area contributed by atoms with Crippen molar-refractivity contribution in [1.82, 2.24) is 30.7 Å². The van der Waals surface area contributed by atoms with E-state index >= 15 is 0 Å². The zero-order chi connectivity index (χ0) is 20.2. The Morgan fingerprint density at radius 3 is 2.90 bits per heavy atom. The fraction of sp³-hybridized carbons (Fsp3) is 0.0588. The van der Waals surface area contributed by atoms with Gasteiger partial charge in [0.1, 0.15) is 11.4 Å². The van der Waals surface area contributed by atoms with E-state index in [9.17, 15) is 4.79 Å². The molecule has 0 aliphatic carbocycles. The van der Waals surface area contributed by atoms with Crippen molar-refractivity contribution in [1.29, 1.82) is 0 Å². The van der Waals surface area contributed by atoms with Crippen LogP contribution in [0.4, 0.5) is 5.82 Å². The molecule has 1 amide bonds. The predicted molar refractivity (Wildman–Crippen MR) is 105 cm³/mol. The number of amides is 1. The zero-order valence-corrected chi connectivity index (χ0v) is 15.8. The Balaban J connectivity index is 1.65. The Hall–Kier alpha value is -4.06. The number of nitrogen functional groups attached to an aromatic ring is 1. The molecule has 3 heterocycles. The molecule has 3 N–H and O–H groups in total. The molecule has 0 radical (unpaired) electrons. The van der Waals surface area contributed by atoms with Crippen LogP contribution in [0.3, 0.4) is 0 Å². The maximum absolute atomic E-state index is 12.7. The molecule has 0 saturated heterocycles. The summed E-state index contributed by atoms with van der Waals surface area (Å²) in [5.74, 6) is 0.233. The van der Waals surface area contributed by atoms with Gasteiger partial charge in [0.05, 0.1) is 18.2 Å². The van der Waals surface area contributed by atoms with E-state index in [0.29, 0.717) is 17.0 Å². The standard InChI is InChI=1S/C17H14N8O3S/c1-27-11-6-3-2-5-10(11)9-19-21-17(26)13-14(12-7-4-8-29-12)25(24-20-13)16-15(18)22-28-23-16/h2-9H,1H3,(H2,18,22)(H,21,26)/b19-9+. The summed E-state index contributed by atoms with van der Waals surface area (Å²) in [4.78, 5) is 13.4. The number of rotatable bonds is 6. The Labute approximate surface area is 167 Å². The molecule has 0 atom stereocenters. The van der Waals surface area contributed by atoms with Gasteiger partial charge in [0.15, 0.2) is 5.69 Å². The van der Waals surface area contributed by atoms with Gasteiger partial charge in [-0.1, -0.05) is 23.4 Å². The van der Waals surface area contributed by atoms with Crippen LogP contribution in [0.1, 0.15) is 16.1 Å². The van der Waals surface area contributed by atoms with E-state index < -0.39 is 5.91 Å². The predicted octanol–water partition coefficient (Wildman–Crippen LogP) is 1.73. The van der Waals surface area contributed by atoms with Gasteiger partial charge >= 0.3 is 0 Å². The summed E-state index contributed by atoms with van der Waals surface area (Å²) in [6.07, 6.45) is 1.48. The molecule has 0 saturated carbocycles. The Bertz CT molecular complexity index is 1170. The Kier molecular flexibility index (Phi) is 4.99. The van der Waals surface area contributed by atoms with Crippen LogP contribution in [0.2, 0.25) is 0 Å². The zero-order valence-electron chi connectivity index (χ0n) is 15.0. The summed E-state index contributed by atoms with van der Waals surface area (Å²) >= 11 is 1.40. The van der Waals surface area contributed by atoms with Gasteiger partial charge in [-0.05, 0) is 33.9 Å². The second-order valence-corrected chi connectivity index (χ2v) is 6.54. The highest BCUT2D eigenvalue weighted by Gasteiger charge is 2.25. The number of para-hydroxylation sites is 1. The monoisotopic (exact) mass is 410 g/mol. The lowest BCUT2D eigenvalue weighted by Crippen LogP contribution is -2.19. The second-order valence-electron chi connectivity index (χ2n) is 5.59. The van der Waals surface area contributed by atoms with E-state index in [1.807, 2.05) is 35.7 Å². The summed E-state index contributed by atoms with van der Waals surface area (Å²) in [6, 6.07) is 10.9. The van der Waals surface area contributed by atoms with Crippen LogP contribution < -0.4 is 15.9 Å². The van der Waals surface area contributed by atoms with Gasteiger partial charge < -0.3 is 10.5 Å². The van der Waals surface area contributed by atoms with Crippen molar-refractivity contribution in [3.05, 3.63) is 53.0 Å². The van der Waals surface area contributed by atoms with Gasteiger partial charge in [-0.25, -0.2) is 10.1 Å². The molecule has 11 nitrogen and oxygen atoms in total. The van der Waals surface area contributed by atoms with E-state index in [4.69, 9.17) is 10.5 Å². The molecule has 4 rings (SSSR count). The molecule has 0 fully saturated rings. The van der Waals surface area contributed by atoms with E-state index in [2.05, 4.69) is 35.8 Å². The van der Waals surface area contributed by atoms with Crippen molar-refractivity contribution in [3.8, 4) is 22.1 Å². The minimum absolute atomic E-state index is 0.0221. The van der Waals surface area contributed by atoms with Crippen molar-refractivity contribution in [2.45, 2.75) is 0 Å². The first-order chi connectivity index (χ1) is 14.2. The summed E-state index contributed by atoms with van der Waals surface area (Å²) in [7, 11) is 1.56. The molecule has 0 spiro atoms. The van der Waals surface area contributed by atoms with Crippen LogP contribution in [0.5, 0.6) is 5.75 Å². The molecule has 3 aromatic heterocycles. The van der Waals surface area contributed by atoms with Crippen LogP contribution >= 0.6 is 11.3 Å². The Morgan fingerprint density at radius 1 is 1.31 bits per heavy atom. The highest BCUT2D eigenvalue weighted by Crippen LogP contribution is 2.29. The molecule has 1 aromatic carbocycles. The molecule has 0 unspecified atom stereocenters. The number of thiophene rings is 1. The number of methoxy groups -OCH3 is 1. The number of aromatic nitrogens is 5. The van der Waals surface area contributed by atoms with Crippen molar-refractivity contribution in [3.63, 3.8) is 0 Å². The van der Waals surface area contributed by atoms with Gasteiger partial charge in [0, 0.05) is 5.56 Å². The van der Waals surface area contributed by atoms with Crippen LogP contribution in [0.15, 0.2) is 51.5 Å². The number of hydrogen-bond acceptors (Lipinski definition) is 10. The number of hydrogen-bond donors (Lipinski definition) is 2. The molecular formula is C17H14N8O3S. The molecule has 4 aromatic rings. The molecule has 29 heavy (non-hydrogen) atoms. The number of hydrazone groups is 1. The molecule has 0 aliphatic heterocycles. The lowest BCUT2D eigenvalue weighted by atomic mass is 10.2. The lowest BCUT2D eigenvalue weighted by molar-refractivity contribution is 0.0951. The molecule has 12 heteroatoms. The van der Waals surface area contributed by atoms with Crippen molar-refractivity contribution >= 4 is 29.3 Å². The van der Waals surface area contributed by atoms with Gasteiger partial charge in [-0.2, -0.15) is 9.78 Å². The van der Waals surface area contributed by atoms with E-state index in [-0.39, 0.29) is 17.3 Å². The first-order valence-corrected chi connectivity index (χ1v) is 9.11. The molecular weight excluding hydrogens is 396 g/mol. The summed E-state index contributed by atoms with van der Waals surface area (Å²) in [5.41, 5.74) is 9.36. The van der Waals surface area contributed by atoms with Gasteiger partial charge in [0.2, 0.25) is 11.6 Å². The minimum Gasteiger partial charge on any atom is -0.496 e. The summed E-state index contributed by atoms with van der Waals surface area (Å²) in [5, 5.41) is 21.1. The largest absolute Gasteiger partial charge is 0.496 e. The third kappa shape index (κ3) is 3.55. The van der Waals surface area contributed by atoms with Crippen molar-refractivity contribution < 1.29 is 14.2 Å². The number of nitrogens with zero attached hydrogens (tertiary/aromatic N) is 6. The number of carbonyl (C=O) groups excluding carboxylic acids is 1. The SMILES string of the molecule is COc1ccccc1/C=N/NC(=O)c1nnn(-c2nonc2N)c1-c1cccs1. The first kappa shape index (κ1) is 18.3. The first-order valence-electron chi connectivity index (χ1n) is 8.23. The fourth-order valence-electron chi connectivity index (χ4n) is 2.54. The number of carbonyl (C=O) groups is 1. The third-order valence-electron chi connectivity index (χ3n) is 3.84. The Morgan fingerprint density at radius 2 is 2.17 bits per heavy atom. The lowest BCUT2D eigenvalue weighted by Gasteiger charge is -2.04. The van der Waals surface area contributed by atoms with Crippen molar-refractivity contribution in [2.24, 2.45) is 5.10 Å². The number of nitrogens with one attached hydrogen (secondary N) is 1. The third-order valence-corrected chi connectivity index (χ3v) is 4.72. The minimum atomic E-state index is -0.555. The van der Waals surface area contributed by atoms with E-state index in [0.717, 1.165) is 4.88 Å². The average Bonchev–Trinajstić information content (AvgIpc) is 3.48. The highest BCUT2D eigenvalue weighted by atomic mass is 32.1. The van der Waals surface area contributed by atoms with Gasteiger partial charge in [-0.3, -0.25) is 4.79 Å². The van der Waals surface area contributed by atoms with Crippen LogP contribution in [-0.2, 0) is 0 Å². The number of anilines is 1. The van der Waals surface area contributed by atoms with Gasteiger partial charge in [-0.15, -0.1) is 16.4 Å². The maximum Gasteiger partial charge on any atom is 0.294 e. The maximum atomic E-state index is 12.7. The normalized spacial score (nSPS) is 11.1. The van der Waals surface area contributed by atoms with Crippen LogP contribution in [0.25, 0.3) is 16.4 Å². The summed E-state index contributed by atoms with van der Waals surface area (Å²) in [6.45, 7) is 0. The van der Waals surface area contributed by atoms with Crippen LogP contribution in [-0.4, -0.2) is 44.5 Å². The van der Waals surface area contributed by atoms with E-state index in [1.54, 1.807) is 13.2 Å². The fourth-order valence-corrected chi connectivity index (χ4v) is 3.30. The number of nitrogens with two attached hydrogens (primary N) is 1. The van der Waals surface area contributed by atoms with E-state index in [1.165, 1.54) is 22.2 Å².